The number of aryl methyl sites for hydroxylation is 1. The summed E-state index contributed by atoms with van der Waals surface area (Å²) in [4.78, 5) is 28.5. The van der Waals surface area contributed by atoms with Crippen LogP contribution in [0.15, 0.2) is 40.8 Å². The van der Waals surface area contributed by atoms with Crippen LogP contribution in [0.1, 0.15) is 30.1 Å². The van der Waals surface area contributed by atoms with Crippen LogP contribution in [0.5, 0.6) is 5.75 Å². The van der Waals surface area contributed by atoms with Crippen LogP contribution in [-0.4, -0.2) is 22.9 Å². The second-order valence-corrected chi connectivity index (χ2v) is 5.56. The summed E-state index contributed by atoms with van der Waals surface area (Å²) in [5.74, 6) is 0.384. The fourth-order valence-corrected chi connectivity index (χ4v) is 2.61. The summed E-state index contributed by atoms with van der Waals surface area (Å²) in [7, 11) is 1.83. The molecule has 0 atom stereocenters. The van der Waals surface area contributed by atoms with Crippen molar-refractivity contribution in [1.82, 2.24) is 4.57 Å². The standard InChI is InChI=1S/C16H18N2O3S/c1-3-21-13-6-4-12(5-7-13)14(19)8-9-15(20)17-16-18(2)10-11-22-16/h4-7,10-11H,3,8-9H2,1-2H3. The van der Waals surface area contributed by atoms with E-state index in [1.807, 2.05) is 25.5 Å². The molecule has 0 saturated heterocycles. The highest BCUT2D eigenvalue weighted by molar-refractivity contribution is 7.07. The Balaban J connectivity index is 1.92. The van der Waals surface area contributed by atoms with Crippen molar-refractivity contribution in [2.24, 2.45) is 12.0 Å². The van der Waals surface area contributed by atoms with Gasteiger partial charge in [0.25, 0.3) is 0 Å². The normalized spacial score (nSPS) is 11.5. The quantitative estimate of drug-likeness (QED) is 0.769. The molecule has 2 rings (SSSR count). The fourth-order valence-electron chi connectivity index (χ4n) is 1.87. The number of thiazole rings is 1. The highest BCUT2D eigenvalue weighted by atomic mass is 32.1. The third-order valence-electron chi connectivity index (χ3n) is 3.03. The van der Waals surface area contributed by atoms with Gasteiger partial charge >= 0.3 is 0 Å². The third-order valence-corrected chi connectivity index (χ3v) is 3.88. The van der Waals surface area contributed by atoms with Crippen LogP contribution in [0, 0.1) is 0 Å². The summed E-state index contributed by atoms with van der Waals surface area (Å²) < 4.78 is 7.10. The van der Waals surface area contributed by atoms with Crippen molar-refractivity contribution in [1.29, 1.82) is 0 Å². The Morgan fingerprint density at radius 3 is 2.55 bits per heavy atom. The second-order valence-electron chi connectivity index (χ2n) is 4.68. The van der Waals surface area contributed by atoms with Crippen LogP contribution in [0.2, 0.25) is 0 Å². The first-order chi connectivity index (χ1) is 10.6. The van der Waals surface area contributed by atoms with Crippen molar-refractivity contribution < 1.29 is 14.3 Å². The molecule has 2 aromatic rings. The van der Waals surface area contributed by atoms with Gasteiger partial charge in [0.1, 0.15) is 5.75 Å². The van der Waals surface area contributed by atoms with E-state index in [-0.39, 0.29) is 24.5 Å². The van der Waals surface area contributed by atoms with Gasteiger partial charge < -0.3 is 9.30 Å². The molecule has 6 heteroatoms. The van der Waals surface area contributed by atoms with E-state index in [1.54, 1.807) is 28.8 Å². The van der Waals surface area contributed by atoms with E-state index >= 15 is 0 Å². The molecule has 22 heavy (non-hydrogen) atoms. The van der Waals surface area contributed by atoms with E-state index in [2.05, 4.69) is 4.99 Å². The van der Waals surface area contributed by atoms with Gasteiger partial charge in [-0.25, -0.2) is 0 Å². The number of Topliss-reactive ketones (excluding diaryl/α,β-unsaturated/α-hetero) is 1. The molecule has 1 aromatic carbocycles. The number of carbonyl (C=O) groups is 2. The Kier molecular flexibility index (Phi) is 5.66. The van der Waals surface area contributed by atoms with E-state index in [1.165, 1.54) is 11.3 Å². The molecular formula is C16H18N2O3S. The maximum Gasteiger partial charge on any atom is 0.248 e. The van der Waals surface area contributed by atoms with Gasteiger partial charge in [0.2, 0.25) is 5.91 Å². The predicted molar refractivity (Wildman–Crippen MR) is 85.0 cm³/mol. The molecule has 0 fully saturated rings. The highest BCUT2D eigenvalue weighted by Crippen LogP contribution is 2.14. The minimum Gasteiger partial charge on any atom is -0.494 e. The number of benzene rings is 1. The van der Waals surface area contributed by atoms with Gasteiger partial charge in [0, 0.05) is 37.0 Å². The molecule has 0 unspecified atom stereocenters. The highest BCUT2D eigenvalue weighted by Gasteiger charge is 2.09. The van der Waals surface area contributed by atoms with Crippen molar-refractivity contribution in [2.45, 2.75) is 19.8 Å². The molecule has 0 aliphatic rings. The Morgan fingerprint density at radius 1 is 1.23 bits per heavy atom. The van der Waals surface area contributed by atoms with Crippen LogP contribution in [-0.2, 0) is 11.8 Å². The predicted octanol–water partition coefficient (Wildman–Crippen LogP) is 2.58. The van der Waals surface area contributed by atoms with Crippen LogP contribution in [0.25, 0.3) is 0 Å². The molecule has 116 valence electrons. The maximum absolute atomic E-state index is 12.1. The van der Waals surface area contributed by atoms with E-state index in [0.717, 1.165) is 5.75 Å². The zero-order valence-corrected chi connectivity index (χ0v) is 13.4. The Hall–Kier alpha value is -2.21. The lowest BCUT2D eigenvalue weighted by molar-refractivity contribution is -0.118. The number of carbonyl (C=O) groups excluding carboxylic acids is 2. The lowest BCUT2D eigenvalue weighted by Crippen LogP contribution is -2.13. The van der Waals surface area contributed by atoms with Gasteiger partial charge in [-0.15, -0.1) is 11.3 Å². The van der Waals surface area contributed by atoms with Crippen molar-refractivity contribution in [3.8, 4) is 5.75 Å². The number of aromatic nitrogens is 1. The minimum atomic E-state index is -0.280. The second kappa shape index (κ2) is 7.70. The lowest BCUT2D eigenvalue weighted by Gasteiger charge is -2.04. The molecule has 0 bridgehead atoms. The Morgan fingerprint density at radius 2 is 1.95 bits per heavy atom. The topological polar surface area (TPSA) is 60.7 Å². The molecule has 1 aromatic heterocycles. The van der Waals surface area contributed by atoms with E-state index < -0.39 is 0 Å². The largest absolute Gasteiger partial charge is 0.494 e. The molecule has 1 amide bonds. The molecule has 0 spiro atoms. The van der Waals surface area contributed by atoms with Crippen molar-refractivity contribution in [2.75, 3.05) is 6.61 Å². The minimum absolute atomic E-state index is 0.0675. The van der Waals surface area contributed by atoms with E-state index in [4.69, 9.17) is 4.74 Å². The molecule has 0 N–H and O–H groups in total. The average Bonchev–Trinajstić information content (AvgIpc) is 2.91. The maximum atomic E-state index is 12.1. The van der Waals surface area contributed by atoms with E-state index in [9.17, 15) is 9.59 Å². The zero-order chi connectivity index (χ0) is 15.9. The fraction of sp³-hybridized carbons (Fsp3) is 0.312. The zero-order valence-electron chi connectivity index (χ0n) is 12.6. The molecule has 5 nitrogen and oxygen atoms in total. The number of nitrogens with zero attached hydrogens (tertiary/aromatic N) is 2. The molecule has 0 aliphatic carbocycles. The van der Waals surface area contributed by atoms with Crippen LogP contribution >= 0.6 is 11.3 Å². The van der Waals surface area contributed by atoms with Crippen molar-refractivity contribution in [3.63, 3.8) is 0 Å². The Bertz CT molecular complexity index is 713. The summed E-state index contributed by atoms with van der Waals surface area (Å²) >= 11 is 1.39. The number of ether oxygens (including phenoxy) is 1. The number of hydrogen-bond donors (Lipinski definition) is 0. The number of ketones is 1. The smallest absolute Gasteiger partial charge is 0.248 e. The molecular weight excluding hydrogens is 300 g/mol. The van der Waals surface area contributed by atoms with Gasteiger partial charge in [0.15, 0.2) is 10.6 Å². The summed E-state index contributed by atoms with van der Waals surface area (Å²) in [6.45, 7) is 2.49. The van der Waals surface area contributed by atoms with Gasteiger partial charge in [-0.3, -0.25) is 9.59 Å². The van der Waals surface area contributed by atoms with Crippen molar-refractivity contribution >= 4 is 23.0 Å². The molecule has 0 radical (unpaired) electrons. The first kappa shape index (κ1) is 16.2. The van der Waals surface area contributed by atoms with Gasteiger partial charge in [-0.1, -0.05) is 0 Å². The van der Waals surface area contributed by atoms with Crippen molar-refractivity contribution in [3.05, 3.63) is 46.2 Å². The van der Waals surface area contributed by atoms with Gasteiger partial charge in [-0.05, 0) is 31.2 Å². The van der Waals surface area contributed by atoms with Crippen LogP contribution < -0.4 is 9.54 Å². The van der Waals surface area contributed by atoms with Crippen LogP contribution in [0.3, 0.4) is 0 Å². The molecule has 0 aliphatic heterocycles. The van der Waals surface area contributed by atoms with Gasteiger partial charge in [-0.2, -0.15) is 4.99 Å². The number of hydrogen-bond acceptors (Lipinski definition) is 4. The third kappa shape index (κ3) is 4.39. The summed E-state index contributed by atoms with van der Waals surface area (Å²) in [6, 6.07) is 6.95. The first-order valence-corrected chi connectivity index (χ1v) is 7.92. The van der Waals surface area contributed by atoms with Crippen LogP contribution in [0.4, 0.5) is 0 Å². The summed E-state index contributed by atoms with van der Waals surface area (Å²) in [6.07, 6.45) is 2.11. The number of amides is 1. The van der Waals surface area contributed by atoms with Gasteiger partial charge in [0.05, 0.1) is 6.61 Å². The number of rotatable bonds is 6. The SMILES string of the molecule is CCOc1ccc(C(=O)CCC(=O)N=c2sccn2C)cc1. The average molecular weight is 318 g/mol. The summed E-state index contributed by atoms with van der Waals surface area (Å²) in [5.41, 5.74) is 0.581. The summed E-state index contributed by atoms with van der Waals surface area (Å²) in [5, 5.41) is 1.86. The monoisotopic (exact) mass is 318 g/mol. The Labute approximate surface area is 132 Å². The molecule has 0 saturated carbocycles. The first-order valence-electron chi connectivity index (χ1n) is 7.04. The van der Waals surface area contributed by atoms with E-state index in [0.29, 0.717) is 17.0 Å². The lowest BCUT2D eigenvalue weighted by atomic mass is 10.1. The molecule has 1 heterocycles.